The SMILES string of the molecule is C[C@@H]1CN(Cc2nnc(-c3ccc(Br)s3)o2)C[C@H]1C(=O)O. The average molecular weight is 372 g/mol. The van der Waals surface area contributed by atoms with Gasteiger partial charge in [-0.05, 0) is 34.0 Å². The molecular weight excluding hydrogens is 358 g/mol. The molecule has 1 fully saturated rings. The Morgan fingerprint density at radius 1 is 1.52 bits per heavy atom. The summed E-state index contributed by atoms with van der Waals surface area (Å²) in [4.78, 5) is 14.1. The van der Waals surface area contributed by atoms with Gasteiger partial charge in [0.1, 0.15) is 0 Å². The molecule has 1 aliphatic heterocycles. The van der Waals surface area contributed by atoms with Crippen molar-refractivity contribution in [2.24, 2.45) is 11.8 Å². The quantitative estimate of drug-likeness (QED) is 0.889. The molecule has 0 unspecified atom stereocenters. The fourth-order valence-corrected chi connectivity index (χ4v) is 3.86. The van der Waals surface area contributed by atoms with Gasteiger partial charge in [0, 0.05) is 13.1 Å². The minimum absolute atomic E-state index is 0.137. The van der Waals surface area contributed by atoms with Gasteiger partial charge in [-0.15, -0.1) is 21.5 Å². The first-order valence-electron chi connectivity index (χ1n) is 6.56. The average Bonchev–Trinajstić information content (AvgIpc) is 3.10. The van der Waals surface area contributed by atoms with Gasteiger partial charge in [0.05, 0.1) is 21.1 Å². The normalized spacial score (nSPS) is 22.8. The molecular formula is C13H14BrN3O3S. The number of aromatic nitrogens is 2. The van der Waals surface area contributed by atoms with Crippen molar-refractivity contribution in [3.05, 3.63) is 21.8 Å². The molecule has 112 valence electrons. The number of carbonyl (C=O) groups is 1. The molecule has 3 rings (SSSR count). The van der Waals surface area contributed by atoms with Crippen molar-refractivity contribution < 1.29 is 14.3 Å². The summed E-state index contributed by atoms with van der Waals surface area (Å²) >= 11 is 4.93. The van der Waals surface area contributed by atoms with Crippen LogP contribution >= 0.6 is 27.3 Å². The Hall–Kier alpha value is -1.25. The van der Waals surface area contributed by atoms with E-state index in [1.807, 2.05) is 24.0 Å². The van der Waals surface area contributed by atoms with E-state index < -0.39 is 5.97 Å². The summed E-state index contributed by atoms with van der Waals surface area (Å²) in [6.07, 6.45) is 0. The lowest BCUT2D eigenvalue weighted by Gasteiger charge is -2.11. The van der Waals surface area contributed by atoms with Crippen LogP contribution in [0.25, 0.3) is 10.8 Å². The number of rotatable bonds is 4. The summed E-state index contributed by atoms with van der Waals surface area (Å²) in [6, 6.07) is 3.86. The molecule has 1 aliphatic rings. The highest BCUT2D eigenvalue weighted by Gasteiger charge is 2.35. The van der Waals surface area contributed by atoms with Crippen LogP contribution in [0, 0.1) is 11.8 Å². The van der Waals surface area contributed by atoms with Gasteiger partial charge in [0.15, 0.2) is 0 Å². The van der Waals surface area contributed by atoms with E-state index in [1.54, 1.807) is 0 Å². The maximum atomic E-state index is 11.1. The van der Waals surface area contributed by atoms with Gasteiger partial charge in [-0.25, -0.2) is 0 Å². The lowest BCUT2D eigenvalue weighted by molar-refractivity contribution is -0.142. The summed E-state index contributed by atoms with van der Waals surface area (Å²) in [6.45, 7) is 3.72. The van der Waals surface area contributed by atoms with Crippen LogP contribution in [0.1, 0.15) is 12.8 Å². The van der Waals surface area contributed by atoms with Gasteiger partial charge >= 0.3 is 5.97 Å². The van der Waals surface area contributed by atoms with E-state index in [0.717, 1.165) is 15.2 Å². The highest BCUT2D eigenvalue weighted by atomic mass is 79.9. The van der Waals surface area contributed by atoms with Crippen molar-refractivity contribution in [2.45, 2.75) is 13.5 Å². The topological polar surface area (TPSA) is 79.5 Å². The third-order valence-corrected chi connectivity index (χ3v) is 5.23. The van der Waals surface area contributed by atoms with Crippen LogP contribution in [0.3, 0.4) is 0 Å². The number of carboxylic acids is 1. The van der Waals surface area contributed by atoms with Gasteiger partial charge in [-0.3, -0.25) is 9.69 Å². The smallest absolute Gasteiger partial charge is 0.308 e. The number of halogens is 1. The monoisotopic (exact) mass is 371 g/mol. The lowest BCUT2D eigenvalue weighted by Crippen LogP contribution is -2.23. The molecule has 0 bridgehead atoms. The fraction of sp³-hybridized carbons (Fsp3) is 0.462. The molecule has 2 aromatic rings. The molecule has 0 aliphatic carbocycles. The Bertz CT molecular complexity index is 657. The number of hydrogen-bond acceptors (Lipinski definition) is 6. The zero-order valence-electron chi connectivity index (χ0n) is 11.3. The predicted molar refractivity (Wildman–Crippen MR) is 80.9 cm³/mol. The van der Waals surface area contributed by atoms with Crippen molar-refractivity contribution in [1.82, 2.24) is 15.1 Å². The van der Waals surface area contributed by atoms with Crippen molar-refractivity contribution >= 4 is 33.2 Å². The molecule has 0 aromatic carbocycles. The molecule has 8 heteroatoms. The standard InChI is InChI=1S/C13H14BrN3O3S/c1-7-4-17(5-8(7)13(18)19)6-11-15-16-12(20-11)9-2-3-10(14)21-9/h2-3,7-8H,4-6H2,1H3,(H,18,19)/t7-,8-/m1/s1. The number of likely N-dealkylation sites (tertiary alicyclic amines) is 1. The molecule has 1 saturated heterocycles. The van der Waals surface area contributed by atoms with E-state index in [2.05, 4.69) is 26.1 Å². The molecule has 1 N–H and O–H groups in total. The van der Waals surface area contributed by atoms with E-state index >= 15 is 0 Å². The Labute approximate surface area is 133 Å². The van der Waals surface area contributed by atoms with Crippen LogP contribution in [0.4, 0.5) is 0 Å². The summed E-state index contributed by atoms with van der Waals surface area (Å²) in [5.74, 6) is 0.105. The highest BCUT2D eigenvalue weighted by Crippen LogP contribution is 2.31. The first-order valence-corrected chi connectivity index (χ1v) is 8.17. The molecule has 0 radical (unpaired) electrons. The second kappa shape index (κ2) is 5.86. The number of nitrogens with zero attached hydrogens (tertiary/aromatic N) is 3. The first-order chi connectivity index (χ1) is 10.0. The minimum atomic E-state index is -0.736. The van der Waals surface area contributed by atoms with Gasteiger partial charge in [0.25, 0.3) is 5.89 Å². The zero-order valence-corrected chi connectivity index (χ0v) is 13.7. The molecule has 0 saturated carbocycles. The van der Waals surface area contributed by atoms with Gasteiger partial charge in [-0.2, -0.15) is 0 Å². The Kier molecular flexibility index (Phi) is 4.10. The predicted octanol–water partition coefficient (Wildman–Crippen LogP) is 2.71. The number of thiophene rings is 1. The second-order valence-electron chi connectivity index (χ2n) is 5.22. The molecule has 0 amide bonds. The Morgan fingerprint density at radius 3 is 2.95 bits per heavy atom. The number of aliphatic carboxylic acids is 1. The molecule has 6 nitrogen and oxygen atoms in total. The van der Waals surface area contributed by atoms with Crippen molar-refractivity contribution in [1.29, 1.82) is 0 Å². The van der Waals surface area contributed by atoms with E-state index in [1.165, 1.54) is 11.3 Å². The van der Waals surface area contributed by atoms with Gasteiger partial charge in [0.2, 0.25) is 5.89 Å². The second-order valence-corrected chi connectivity index (χ2v) is 7.68. The Balaban J connectivity index is 1.67. The van der Waals surface area contributed by atoms with Crippen molar-refractivity contribution in [2.75, 3.05) is 13.1 Å². The summed E-state index contributed by atoms with van der Waals surface area (Å²) in [7, 11) is 0. The third kappa shape index (κ3) is 3.17. The third-order valence-electron chi connectivity index (χ3n) is 3.61. The van der Waals surface area contributed by atoms with Crippen LogP contribution in [0.15, 0.2) is 20.3 Å². The van der Waals surface area contributed by atoms with Crippen LogP contribution in [0.2, 0.25) is 0 Å². The fourth-order valence-electron chi connectivity index (χ4n) is 2.56. The van der Waals surface area contributed by atoms with Crippen LogP contribution in [-0.2, 0) is 11.3 Å². The lowest BCUT2D eigenvalue weighted by atomic mass is 9.99. The van der Waals surface area contributed by atoms with E-state index in [-0.39, 0.29) is 11.8 Å². The van der Waals surface area contributed by atoms with Gasteiger partial charge < -0.3 is 9.52 Å². The number of carboxylic acid groups (broad SMARTS) is 1. The van der Waals surface area contributed by atoms with Gasteiger partial charge in [-0.1, -0.05) is 6.92 Å². The summed E-state index contributed by atoms with van der Waals surface area (Å²) < 4.78 is 6.66. The highest BCUT2D eigenvalue weighted by molar-refractivity contribution is 9.11. The van der Waals surface area contributed by atoms with E-state index in [9.17, 15) is 4.79 Å². The van der Waals surface area contributed by atoms with Crippen LogP contribution < -0.4 is 0 Å². The molecule has 3 heterocycles. The minimum Gasteiger partial charge on any atom is -0.481 e. The molecule has 2 aromatic heterocycles. The van der Waals surface area contributed by atoms with Crippen molar-refractivity contribution in [3.63, 3.8) is 0 Å². The molecule has 2 atom stereocenters. The Morgan fingerprint density at radius 2 is 2.33 bits per heavy atom. The molecule has 0 spiro atoms. The number of hydrogen-bond donors (Lipinski definition) is 1. The maximum absolute atomic E-state index is 11.1. The largest absolute Gasteiger partial charge is 0.481 e. The van der Waals surface area contributed by atoms with Crippen molar-refractivity contribution in [3.8, 4) is 10.8 Å². The van der Waals surface area contributed by atoms with Crippen LogP contribution in [0.5, 0.6) is 0 Å². The molecule has 21 heavy (non-hydrogen) atoms. The maximum Gasteiger partial charge on any atom is 0.308 e. The van der Waals surface area contributed by atoms with E-state index in [4.69, 9.17) is 9.52 Å². The summed E-state index contributed by atoms with van der Waals surface area (Å²) in [5, 5.41) is 17.2. The summed E-state index contributed by atoms with van der Waals surface area (Å²) in [5.41, 5.74) is 0. The van der Waals surface area contributed by atoms with Crippen LogP contribution in [-0.4, -0.2) is 39.3 Å². The van der Waals surface area contributed by atoms with E-state index in [0.29, 0.717) is 24.9 Å². The first kappa shape index (κ1) is 14.7. The zero-order chi connectivity index (χ0) is 15.0.